The predicted molar refractivity (Wildman–Crippen MR) is 107 cm³/mol. The molecule has 1 aliphatic heterocycles. The third-order valence-electron chi connectivity index (χ3n) is 4.95. The maximum Gasteiger partial charge on any atom is 0.255 e. The Kier molecular flexibility index (Phi) is 5.35. The Bertz CT molecular complexity index is 804. The van der Waals surface area contributed by atoms with Crippen LogP contribution in [0, 0.1) is 12.8 Å². The number of carbonyl (C=O) groups excluding carboxylic acids is 1. The van der Waals surface area contributed by atoms with E-state index in [1.165, 1.54) is 12.8 Å². The first kappa shape index (κ1) is 18.1. The van der Waals surface area contributed by atoms with E-state index < -0.39 is 0 Å². The van der Waals surface area contributed by atoms with Crippen LogP contribution >= 0.6 is 0 Å². The number of nitrogen functional groups attached to an aromatic ring is 1. The molecule has 1 atom stereocenters. The van der Waals surface area contributed by atoms with Gasteiger partial charge in [-0.2, -0.15) is 0 Å². The van der Waals surface area contributed by atoms with Crippen molar-refractivity contribution in [1.82, 2.24) is 0 Å². The maximum absolute atomic E-state index is 12.6. The van der Waals surface area contributed by atoms with Gasteiger partial charge in [0.05, 0.1) is 18.5 Å². The Balaban J connectivity index is 1.85. The van der Waals surface area contributed by atoms with Gasteiger partial charge in [0.15, 0.2) is 0 Å². The molecule has 1 saturated heterocycles. The van der Waals surface area contributed by atoms with Crippen molar-refractivity contribution in [2.24, 2.45) is 5.92 Å². The lowest BCUT2D eigenvalue weighted by Gasteiger charge is -2.34. The van der Waals surface area contributed by atoms with Crippen molar-refractivity contribution in [3.05, 3.63) is 47.5 Å². The molecular weight excluding hydrogens is 326 g/mol. The number of ether oxygens (including phenoxy) is 1. The molecule has 2 aromatic carbocycles. The molecule has 1 amide bonds. The lowest BCUT2D eigenvalue weighted by Crippen LogP contribution is -2.34. The molecule has 1 aliphatic rings. The number of aryl methyl sites for hydroxylation is 1. The van der Waals surface area contributed by atoms with E-state index in [0.717, 1.165) is 24.3 Å². The number of piperidine rings is 1. The second-order valence-electron chi connectivity index (χ2n) is 7.11. The molecular formula is C21H27N3O2. The SMILES string of the molecule is COc1cccc(C(=O)Nc2cc(N3CCC[C@H](C)C3)c(C)cc2N)c1. The Morgan fingerprint density at radius 1 is 1.31 bits per heavy atom. The summed E-state index contributed by atoms with van der Waals surface area (Å²) in [7, 11) is 1.58. The molecule has 0 aliphatic carbocycles. The van der Waals surface area contributed by atoms with Crippen LogP contribution < -0.4 is 20.7 Å². The standard InChI is InChI=1S/C21H27N3O2/c1-14-6-5-9-24(13-14)20-12-19(18(22)10-15(20)2)23-21(25)16-7-4-8-17(11-16)26-3/h4,7-8,10-12,14H,5-6,9,13,22H2,1-3H3,(H,23,25)/t14-/m0/s1. The number of methoxy groups -OCH3 is 1. The fourth-order valence-electron chi connectivity index (χ4n) is 3.53. The van der Waals surface area contributed by atoms with Gasteiger partial charge in [0.1, 0.15) is 5.75 Å². The van der Waals surface area contributed by atoms with Gasteiger partial charge in [-0.15, -0.1) is 0 Å². The number of rotatable bonds is 4. The molecule has 3 rings (SSSR count). The smallest absolute Gasteiger partial charge is 0.255 e. The Morgan fingerprint density at radius 3 is 2.85 bits per heavy atom. The van der Waals surface area contributed by atoms with Crippen molar-refractivity contribution in [2.75, 3.05) is 36.1 Å². The number of hydrogen-bond donors (Lipinski definition) is 2. The summed E-state index contributed by atoms with van der Waals surface area (Å²) in [5.74, 6) is 1.13. The lowest BCUT2D eigenvalue weighted by atomic mass is 9.98. The first-order chi connectivity index (χ1) is 12.5. The van der Waals surface area contributed by atoms with Crippen LogP contribution in [0.2, 0.25) is 0 Å². The minimum Gasteiger partial charge on any atom is -0.497 e. The van der Waals surface area contributed by atoms with Crippen molar-refractivity contribution in [3.63, 3.8) is 0 Å². The Labute approximate surface area is 155 Å². The second kappa shape index (κ2) is 7.68. The van der Waals surface area contributed by atoms with Crippen molar-refractivity contribution in [3.8, 4) is 5.75 Å². The molecule has 5 nitrogen and oxygen atoms in total. The zero-order valence-electron chi connectivity index (χ0n) is 15.7. The lowest BCUT2D eigenvalue weighted by molar-refractivity contribution is 0.102. The van der Waals surface area contributed by atoms with Crippen molar-refractivity contribution < 1.29 is 9.53 Å². The van der Waals surface area contributed by atoms with Crippen LogP contribution in [0.3, 0.4) is 0 Å². The highest BCUT2D eigenvalue weighted by Crippen LogP contribution is 2.32. The quantitative estimate of drug-likeness (QED) is 0.813. The van der Waals surface area contributed by atoms with E-state index in [2.05, 4.69) is 24.1 Å². The van der Waals surface area contributed by atoms with E-state index in [1.807, 2.05) is 18.2 Å². The van der Waals surface area contributed by atoms with Crippen molar-refractivity contribution in [1.29, 1.82) is 0 Å². The van der Waals surface area contributed by atoms with E-state index in [9.17, 15) is 4.79 Å². The molecule has 5 heteroatoms. The monoisotopic (exact) mass is 353 g/mol. The number of nitrogens with zero attached hydrogens (tertiary/aromatic N) is 1. The number of nitrogens with two attached hydrogens (primary N) is 1. The molecule has 2 aromatic rings. The summed E-state index contributed by atoms with van der Waals surface area (Å²) in [4.78, 5) is 15.0. The number of hydrogen-bond acceptors (Lipinski definition) is 4. The molecule has 138 valence electrons. The van der Waals surface area contributed by atoms with Crippen molar-refractivity contribution in [2.45, 2.75) is 26.7 Å². The third-order valence-corrected chi connectivity index (χ3v) is 4.95. The second-order valence-corrected chi connectivity index (χ2v) is 7.11. The fraction of sp³-hybridized carbons (Fsp3) is 0.381. The molecule has 0 spiro atoms. The summed E-state index contributed by atoms with van der Waals surface area (Å²) in [6, 6.07) is 11.0. The zero-order valence-corrected chi connectivity index (χ0v) is 15.7. The van der Waals surface area contributed by atoms with Gasteiger partial charge >= 0.3 is 0 Å². The average Bonchev–Trinajstić information content (AvgIpc) is 2.64. The molecule has 1 fully saturated rings. The molecule has 0 aromatic heterocycles. The highest BCUT2D eigenvalue weighted by atomic mass is 16.5. The fourth-order valence-corrected chi connectivity index (χ4v) is 3.53. The summed E-state index contributed by atoms with van der Waals surface area (Å²) in [6.07, 6.45) is 2.46. The summed E-state index contributed by atoms with van der Waals surface area (Å²) in [5.41, 5.74) is 10.2. The molecule has 26 heavy (non-hydrogen) atoms. The van der Waals surface area contributed by atoms with Crippen LogP contribution in [-0.4, -0.2) is 26.1 Å². The number of amides is 1. The van der Waals surface area contributed by atoms with Gasteiger partial charge in [-0.25, -0.2) is 0 Å². The van der Waals surface area contributed by atoms with Crippen LogP contribution in [0.25, 0.3) is 0 Å². The first-order valence-corrected chi connectivity index (χ1v) is 9.08. The van der Waals surface area contributed by atoms with Gasteiger partial charge < -0.3 is 20.7 Å². The highest BCUT2D eigenvalue weighted by Gasteiger charge is 2.20. The topological polar surface area (TPSA) is 67.6 Å². The van der Waals surface area contributed by atoms with Gasteiger partial charge in [0.25, 0.3) is 5.91 Å². The highest BCUT2D eigenvalue weighted by molar-refractivity contribution is 6.06. The summed E-state index contributed by atoms with van der Waals surface area (Å²) >= 11 is 0. The van der Waals surface area contributed by atoms with Gasteiger partial charge in [-0.05, 0) is 61.6 Å². The molecule has 0 radical (unpaired) electrons. The zero-order chi connectivity index (χ0) is 18.7. The predicted octanol–water partition coefficient (Wildman–Crippen LogP) is 4.07. The van der Waals surface area contributed by atoms with Gasteiger partial charge in [0.2, 0.25) is 0 Å². The molecule has 0 bridgehead atoms. The number of nitrogens with one attached hydrogen (secondary N) is 1. The van der Waals surface area contributed by atoms with Crippen LogP contribution in [0.15, 0.2) is 36.4 Å². The third kappa shape index (κ3) is 3.93. The van der Waals surface area contributed by atoms with Crippen LogP contribution in [0.5, 0.6) is 5.75 Å². The largest absolute Gasteiger partial charge is 0.497 e. The van der Waals surface area contributed by atoms with Crippen molar-refractivity contribution >= 4 is 23.0 Å². The Morgan fingerprint density at radius 2 is 2.12 bits per heavy atom. The molecule has 3 N–H and O–H groups in total. The number of benzene rings is 2. The van der Waals surface area contributed by atoms with Gasteiger partial charge in [0, 0.05) is 24.3 Å². The number of anilines is 3. The van der Waals surface area contributed by atoms with E-state index in [1.54, 1.807) is 25.3 Å². The van der Waals surface area contributed by atoms with Gasteiger partial charge in [-0.3, -0.25) is 4.79 Å². The average molecular weight is 353 g/mol. The minimum atomic E-state index is -0.197. The molecule has 0 unspecified atom stereocenters. The minimum absolute atomic E-state index is 0.197. The first-order valence-electron chi connectivity index (χ1n) is 9.08. The maximum atomic E-state index is 12.6. The van der Waals surface area contributed by atoms with E-state index in [4.69, 9.17) is 10.5 Å². The van der Waals surface area contributed by atoms with Crippen LogP contribution in [0.4, 0.5) is 17.1 Å². The van der Waals surface area contributed by atoms with E-state index in [-0.39, 0.29) is 5.91 Å². The number of carbonyl (C=O) groups is 1. The molecule has 1 heterocycles. The van der Waals surface area contributed by atoms with Crippen LogP contribution in [0.1, 0.15) is 35.7 Å². The summed E-state index contributed by atoms with van der Waals surface area (Å²) in [5, 5.41) is 2.95. The Hall–Kier alpha value is -2.69. The van der Waals surface area contributed by atoms with Gasteiger partial charge in [-0.1, -0.05) is 13.0 Å². The normalized spacial score (nSPS) is 17.0. The summed E-state index contributed by atoms with van der Waals surface area (Å²) in [6.45, 7) is 6.43. The van der Waals surface area contributed by atoms with E-state index in [0.29, 0.717) is 28.6 Å². The summed E-state index contributed by atoms with van der Waals surface area (Å²) < 4.78 is 5.19. The molecule has 0 saturated carbocycles. The van der Waals surface area contributed by atoms with E-state index >= 15 is 0 Å². The van der Waals surface area contributed by atoms with Crippen LogP contribution in [-0.2, 0) is 0 Å².